The first-order valence-corrected chi connectivity index (χ1v) is 6.34. The number of rotatable bonds is 5. The standard InChI is InChI=1S/C12H13NO4S/c1-12(2,11(14)15)18-7-8-6-10(17-13-8)9-4-3-5-16-9/h3-6H,7H2,1-2H3,(H,14,15). The van der Waals surface area contributed by atoms with Crippen LogP contribution in [0.1, 0.15) is 19.5 Å². The molecule has 2 heterocycles. The van der Waals surface area contributed by atoms with Crippen molar-refractivity contribution in [3.05, 3.63) is 30.2 Å². The Morgan fingerprint density at radius 3 is 2.89 bits per heavy atom. The number of hydrogen-bond donors (Lipinski definition) is 1. The summed E-state index contributed by atoms with van der Waals surface area (Å²) in [7, 11) is 0. The summed E-state index contributed by atoms with van der Waals surface area (Å²) < 4.78 is 9.47. The van der Waals surface area contributed by atoms with Crippen LogP contribution in [0.25, 0.3) is 11.5 Å². The number of nitrogens with zero attached hydrogens (tertiary/aromatic N) is 1. The zero-order chi connectivity index (χ0) is 13.2. The van der Waals surface area contributed by atoms with Gasteiger partial charge in [0.1, 0.15) is 4.75 Å². The maximum Gasteiger partial charge on any atom is 0.319 e. The van der Waals surface area contributed by atoms with Crippen LogP contribution < -0.4 is 0 Å². The molecule has 0 bridgehead atoms. The summed E-state index contributed by atoms with van der Waals surface area (Å²) in [5.74, 6) is 0.783. The number of aliphatic carboxylic acids is 1. The van der Waals surface area contributed by atoms with Gasteiger partial charge in [0.25, 0.3) is 0 Å². The first-order valence-electron chi connectivity index (χ1n) is 5.36. The number of carboxylic acid groups (broad SMARTS) is 1. The van der Waals surface area contributed by atoms with Crippen molar-refractivity contribution in [2.75, 3.05) is 0 Å². The molecule has 0 saturated carbocycles. The Bertz CT molecular complexity index is 530. The molecule has 0 saturated heterocycles. The quantitative estimate of drug-likeness (QED) is 0.897. The van der Waals surface area contributed by atoms with Gasteiger partial charge in [0.05, 0.1) is 12.0 Å². The first kappa shape index (κ1) is 12.8. The Labute approximate surface area is 108 Å². The van der Waals surface area contributed by atoms with Gasteiger partial charge < -0.3 is 14.0 Å². The Hall–Kier alpha value is -1.69. The predicted molar refractivity (Wildman–Crippen MR) is 67.2 cm³/mol. The second kappa shape index (κ2) is 4.89. The van der Waals surface area contributed by atoms with E-state index in [9.17, 15) is 4.79 Å². The molecule has 2 aromatic rings. The minimum atomic E-state index is -0.845. The highest BCUT2D eigenvalue weighted by Gasteiger charge is 2.28. The summed E-state index contributed by atoms with van der Waals surface area (Å²) in [6.07, 6.45) is 1.56. The lowest BCUT2D eigenvalue weighted by Gasteiger charge is -2.17. The van der Waals surface area contributed by atoms with Crippen molar-refractivity contribution in [2.24, 2.45) is 0 Å². The lowest BCUT2D eigenvalue weighted by atomic mass is 10.2. The lowest BCUT2D eigenvalue weighted by molar-refractivity contribution is -0.138. The van der Waals surface area contributed by atoms with Crippen molar-refractivity contribution < 1.29 is 18.8 Å². The third-order valence-electron chi connectivity index (χ3n) is 2.42. The molecule has 0 aliphatic carbocycles. The maximum atomic E-state index is 11.0. The van der Waals surface area contributed by atoms with Gasteiger partial charge in [0.15, 0.2) is 5.76 Å². The molecule has 0 fully saturated rings. The molecule has 0 spiro atoms. The highest BCUT2D eigenvalue weighted by atomic mass is 32.2. The molecular weight excluding hydrogens is 254 g/mol. The minimum absolute atomic E-state index is 0.476. The smallest absolute Gasteiger partial charge is 0.319 e. The molecule has 0 aliphatic heterocycles. The molecule has 0 radical (unpaired) electrons. The van der Waals surface area contributed by atoms with Crippen LogP contribution in [0.4, 0.5) is 0 Å². The van der Waals surface area contributed by atoms with E-state index >= 15 is 0 Å². The Morgan fingerprint density at radius 1 is 1.50 bits per heavy atom. The molecule has 18 heavy (non-hydrogen) atoms. The molecule has 0 unspecified atom stereocenters. The van der Waals surface area contributed by atoms with E-state index in [0.717, 1.165) is 0 Å². The van der Waals surface area contributed by atoms with Crippen LogP contribution in [0.2, 0.25) is 0 Å². The van der Waals surface area contributed by atoms with E-state index in [4.69, 9.17) is 14.0 Å². The second-order valence-corrected chi connectivity index (χ2v) is 5.86. The van der Waals surface area contributed by atoms with Crippen LogP contribution in [0.5, 0.6) is 0 Å². The Balaban J connectivity index is 2.02. The van der Waals surface area contributed by atoms with Crippen LogP contribution >= 0.6 is 11.8 Å². The molecule has 6 heteroatoms. The Kier molecular flexibility index (Phi) is 3.47. The summed E-state index contributed by atoms with van der Waals surface area (Å²) in [4.78, 5) is 11.0. The van der Waals surface area contributed by atoms with E-state index < -0.39 is 10.7 Å². The zero-order valence-corrected chi connectivity index (χ0v) is 10.9. The van der Waals surface area contributed by atoms with E-state index in [1.54, 1.807) is 38.3 Å². The van der Waals surface area contributed by atoms with Crippen LogP contribution in [0, 0.1) is 0 Å². The predicted octanol–water partition coefficient (Wildman–Crippen LogP) is 3.03. The highest BCUT2D eigenvalue weighted by molar-refractivity contribution is 8.00. The van der Waals surface area contributed by atoms with E-state index in [1.807, 2.05) is 0 Å². The van der Waals surface area contributed by atoms with Gasteiger partial charge in [-0.25, -0.2) is 0 Å². The van der Waals surface area contributed by atoms with E-state index in [-0.39, 0.29) is 0 Å². The largest absolute Gasteiger partial charge is 0.480 e. The van der Waals surface area contributed by atoms with E-state index in [0.29, 0.717) is 23.0 Å². The molecule has 0 amide bonds. The summed E-state index contributed by atoms with van der Waals surface area (Å²) >= 11 is 1.30. The summed E-state index contributed by atoms with van der Waals surface area (Å²) in [6, 6.07) is 5.29. The zero-order valence-electron chi connectivity index (χ0n) is 10.0. The fourth-order valence-corrected chi connectivity index (χ4v) is 2.00. The highest BCUT2D eigenvalue weighted by Crippen LogP contribution is 2.29. The van der Waals surface area contributed by atoms with Gasteiger partial charge in [-0.05, 0) is 26.0 Å². The number of carbonyl (C=O) groups is 1. The van der Waals surface area contributed by atoms with Gasteiger partial charge >= 0.3 is 5.97 Å². The summed E-state index contributed by atoms with van der Waals surface area (Å²) in [6.45, 7) is 3.32. The van der Waals surface area contributed by atoms with Crippen molar-refractivity contribution in [3.63, 3.8) is 0 Å². The molecule has 1 N–H and O–H groups in total. The third kappa shape index (κ3) is 2.76. The number of carboxylic acids is 1. The van der Waals surface area contributed by atoms with Crippen molar-refractivity contribution in [2.45, 2.75) is 24.3 Å². The molecule has 5 nitrogen and oxygen atoms in total. The van der Waals surface area contributed by atoms with Crippen LogP contribution in [0.3, 0.4) is 0 Å². The topological polar surface area (TPSA) is 76.5 Å². The van der Waals surface area contributed by atoms with E-state index in [2.05, 4.69) is 5.16 Å². The fraction of sp³-hybridized carbons (Fsp3) is 0.333. The molecule has 0 aromatic carbocycles. The van der Waals surface area contributed by atoms with Gasteiger partial charge in [-0.3, -0.25) is 4.79 Å². The maximum absolute atomic E-state index is 11.0. The van der Waals surface area contributed by atoms with Gasteiger partial charge in [-0.15, -0.1) is 11.8 Å². The number of thioether (sulfide) groups is 1. The Morgan fingerprint density at radius 2 is 2.28 bits per heavy atom. The fourth-order valence-electron chi connectivity index (χ4n) is 1.23. The molecular formula is C12H13NO4S. The van der Waals surface area contributed by atoms with Crippen molar-refractivity contribution in [1.29, 1.82) is 0 Å². The van der Waals surface area contributed by atoms with E-state index in [1.165, 1.54) is 11.8 Å². The van der Waals surface area contributed by atoms with Crippen molar-refractivity contribution >= 4 is 17.7 Å². The number of furan rings is 1. The van der Waals surface area contributed by atoms with Gasteiger partial charge in [-0.1, -0.05) is 5.16 Å². The first-order chi connectivity index (χ1) is 8.49. The van der Waals surface area contributed by atoms with Crippen molar-refractivity contribution in [1.82, 2.24) is 5.16 Å². The summed E-state index contributed by atoms with van der Waals surface area (Å²) in [5.41, 5.74) is 0.695. The van der Waals surface area contributed by atoms with Gasteiger partial charge in [0, 0.05) is 11.8 Å². The third-order valence-corrected chi connectivity index (χ3v) is 3.76. The number of aromatic nitrogens is 1. The monoisotopic (exact) mass is 267 g/mol. The molecule has 2 aromatic heterocycles. The second-order valence-electron chi connectivity index (χ2n) is 4.26. The SMILES string of the molecule is CC(C)(SCc1cc(-c2ccco2)on1)C(=O)O. The van der Waals surface area contributed by atoms with Gasteiger partial charge in [0.2, 0.25) is 5.76 Å². The molecule has 96 valence electrons. The number of hydrogen-bond acceptors (Lipinski definition) is 5. The van der Waals surface area contributed by atoms with Crippen LogP contribution in [0.15, 0.2) is 33.4 Å². The van der Waals surface area contributed by atoms with Crippen molar-refractivity contribution in [3.8, 4) is 11.5 Å². The average Bonchev–Trinajstić information content (AvgIpc) is 2.97. The van der Waals surface area contributed by atoms with Gasteiger partial charge in [-0.2, -0.15) is 0 Å². The van der Waals surface area contributed by atoms with Crippen LogP contribution in [-0.4, -0.2) is 21.0 Å². The average molecular weight is 267 g/mol. The van der Waals surface area contributed by atoms with Crippen LogP contribution in [-0.2, 0) is 10.5 Å². The lowest BCUT2D eigenvalue weighted by Crippen LogP contribution is -2.27. The molecule has 2 rings (SSSR count). The minimum Gasteiger partial charge on any atom is -0.480 e. The molecule has 0 aliphatic rings. The molecule has 0 atom stereocenters. The normalized spacial score (nSPS) is 11.7. The summed E-state index contributed by atoms with van der Waals surface area (Å²) in [5, 5.41) is 12.9.